The number of amides is 2. The monoisotopic (exact) mass is 480 g/mol. The van der Waals surface area contributed by atoms with Gasteiger partial charge in [0.1, 0.15) is 17.5 Å². The number of carbonyl (C=O) groups is 2. The van der Waals surface area contributed by atoms with E-state index in [9.17, 15) is 22.8 Å². The third-order valence-electron chi connectivity index (χ3n) is 6.05. The predicted molar refractivity (Wildman–Crippen MR) is 117 cm³/mol. The number of nitrogens with one attached hydrogen (secondary N) is 1. The molecule has 0 bridgehead atoms. The highest BCUT2D eigenvalue weighted by Gasteiger charge is 2.52. The zero-order valence-corrected chi connectivity index (χ0v) is 19.4. The van der Waals surface area contributed by atoms with Crippen LogP contribution in [-0.4, -0.2) is 56.4 Å². The number of aromatic nitrogens is 3. The lowest BCUT2D eigenvalue weighted by molar-refractivity contribution is -0.141. The second-order valence-corrected chi connectivity index (χ2v) is 9.89. The second-order valence-electron chi connectivity index (χ2n) is 9.89. The summed E-state index contributed by atoms with van der Waals surface area (Å²) in [4.78, 5) is 30.1. The van der Waals surface area contributed by atoms with Gasteiger partial charge in [0.15, 0.2) is 0 Å². The third-order valence-corrected chi connectivity index (χ3v) is 6.05. The number of hydrogen-bond donors (Lipinski definition) is 2. The van der Waals surface area contributed by atoms with Crippen LogP contribution in [0.3, 0.4) is 0 Å². The van der Waals surface area contributed by atoms with E-state index in [1.54, 1.807) is 43.3 Å². The second kappa shape index (κ2) is 7.88. The van der Waals surface area contributed by atoms with Gasteiger partial charge in [-0.3, -0.25) is 9.48 Å². The van der Waals surface area contributed by atoms with Crippen molar-refractivity contribution < 1.29 is 27.5 Å². The SMILES string of the molecule is C[C@@H](NC(=O)OC(C)(C)C)C(=O)N1CC2(CCn3nc(-c4cnc(N)c(C(F)(F)F)c4)cc32)C1. The lowest BCUT2D eigenvalue weighted by Crippen LogP contribution is -2.63. The number of alkyl carbamates (subject to hydrolysis) is 1. The van der Waals surface area contributed by atoms with E-state index in [4.69, 9.17) is 10.5 Å². The number of rotatable bonds is 3. The smallest absolute Gasteiger partial charge is 0.419 e. The van der Waals surface area contributed by atoms with Crippen molar-refractivity contribution in [3.05, 3.63) is 29.6 Å². The van der Waals surface area contributed by atoms with Crippen molar-refractivity contribution in [1.29, 1.82) is 0 Å². The van der Waals surface area contributed by atoms with Crippen molar-refractivity contribution in [1.82, 2.24) is 25.0 Å². The van der Waals surface area contributed by atoms with Gasteiger partial charge in [-0.15, -0.1) is 0 Å². The largest absolute Gasteiger partial charge is 0.444 e. The minimum absolute atomic E-state index is 0.223. The van der Waals surface area contributed by atoms with E-state index < -0.39 is 35.3 Å². The molecule has 2 aliphatic heterocycles. The van der Waals surface area contributed by atoms with E-state index in [-0.39, 0.29) is 16.9 Å². The number of fused-ring (bicyclic) bond motifs is 2. The molecule has 0 aliphatic carbocycles. The molecule has 12 heteroatoms. The van der Waals surface area contributed by atoms with Crippen molar-refractivity contribution in [2.45, 2.75) is 63.9 Å². The van der Waals surface area contributed by atoms with Gasteiger partial charge in [-0.05, 0) is 46.2 Å². The number of halogens is 3. The Bertz CT molecular complexity index is 1130. The normalized spacial score (nSPS) is 17.8. The molecule has 184 valence electrons. The minimum atomic E-state index is -4.62. The van der Waals surface area contributed by atoms with Crippen molar-refractivity contribution in [3.8, 4) is 11.3 Å². The highest BCUT2D eigenvalue weighted by atomic mass is 19.4. The molecule has 2 amide bonds. The van der Waals surface area contributed by atoms with E-state index in [1.165, 1.54) is 6.20 Å². The molecule has 0 unspecified atom stereocenters. The maximum Gasteiger partial charge on any atom is 0.419 e. The molecule has 0 radical (unpaired) electrons. The van der Waals surface area contributed by atoms with Crippen molar-refractivity contribution in [3.63, 3.8) is 0 Å². The number of aryl methyl sites for hydroxylation is 1. The van der Waals surface area contributed by atoms with Crippen LogP contribution in [0, 0.1) is 0 Å². The Kier molecular flexibility index (Phi) is 5.52. The molecule has 4 heterocycles. The molecule has 1 atom stereocenters. The molecule has 2 aromatic heterocycles. The molecule has 1 spiro atoms. The van der Waals surface area contributed by atoms with Crippen LogP contribution in [0.2, 0.25) is 0 Å². The summed E-state index contributed by atoms with van der Waals surface area (Å²) >= 11 is 0. The zero-order chi connectivity index (χ0) is 25.1. The molecular formula is C22H27F3N6O3. The van der Waals surface area contributed by atoms with Gasteiger partial charge in [0.2, 0.25) is 5.91 Å². The van der Waals surface area contributed by atoms with E-state index in [0.29, 0.717) is 25.3 Å². The summed E-state index contributed by atoms with van der Waals surface area (Å²) in [6, 6.07) is 1.95. The number of ether oxygens (including phenoxy) is 1. The molecule has 1 fully saturated rings. The Morgan fingerprint density at radius 1 is 1.24 bits per heavy atom. The molecular weight excluding hydrogens is 453 g/mol. The fourth-order valence-electron chi connectivity index (χ4n) is 4.43. The van der Waals surface area contributed by atoms with E-state index >= 15 is 0 Å². The van der Waals surface area contributed by atoms with Gasteiger partial charge >= 0.3 is 12.3 Å². The average Bonchev–Trinajstić information content (AvgIpc) is 3.23. The summed E-state index contributed by atoms with van der Waals surface area (Å²) in [5.74, 6) is -0.811. The van der Waals surface area contributed by atoms with Crippen LogP contribution in [0.5, 0.6) is 0 Å². The lowest BCUT2D eigenvalue weighted by Gasteiger charge is -2.48. The first-order valence-corrected chi connectivity index (χ1v) is 10.9. The van der Waals surface area contributed by atoms with E-state index in [2.05, 4.69) is 15.4 Å². The Morgan fingerprint density at radius 2 is 1.91 bits per heavy atom. The summed E-state index contributed by atoms with van der Waals surface area (Å²) in [5.41, 5.74) is 4.87. The third kappa shape index (κ3) is 4.40. The van der Waals surface area contributed by atoms with Crippen LogP contribution >= 0.6 is 0 Å². The number of nitrogens with two attached hydrogens (primary N) is 1. The minimum Gasteiger partial charge on any atom is -0.444 e. The van der Waals surface area contributed by atoms with Crippen LogP contribution in [0.15, 0.2) is 18.3 Å². The molecule has 9 nitrogen and oxygen atoms in total. The quantitative estimate of drug-likeness (QED) is 0.698. The van der Waals surface area contributed by atoms with Crippen LogP contribution in [0.1, 0.15) is 45.4 Å². The Morgan fingerprint density at radius 3 is 2.53 bits per heavy atom. The Balaban J connectivity index is 1.45. The van der Waals surface area contributed by atoms with Crippen LogP contribution in [-0.2, 0) is 27.7 Å². The van der Waals surface area contributed by atoms with E-state index in [0.717, 1.165) is 18.2 Å². The van der Waals surface area contributed by atoms with Gasteiger partial charge in [-0.1, -0.05) is 0 Å². The molecule has 4 rings (SSSR count). The molecule has 1 saturated heterocycles. The molecule has 3 N–H and O–H groups in total. The summed E-state index contributed by atoms with van der Waals surface area (Å²) in [5, 5.41) is 7.01. The highest BCUT2D eigenvalue weighted by Crippen LogP contribution is 2.44. The summed E-state index contributed by atoms with van der Waals surface area (Å²) in [6.45, 7) is 8.27. The molecule has 2 aromatic rings. The number of nitrogens with zero attached hydrogens (tertiary/aromatic N) is 4. The fraction of sp³-hybridized carbons (Fsp3) is 0.545. The Labute approximate surface area is 194 Å². The maximum atomic E-state index is 13.2. The van der Waals surface area contributed by atoms with Gasteiger partial charge in [0.05, 0.1) is 11.3 Å². The average molecular weight is 480 g/mol. The lowest BCUT2D eigenvalue weighted by atomic mass is 9.75. The Hall–Kier alpha value is -3.31. The highest BCUT2D eigenvalue weighted by molar-refractivity contribution is 5.86. The van der Waals surface area contributed by atoms with Gasteiger partial charge in [0.25, 0.3) is 0 Å². The number of likely N-dealkylation sites (tertiary alicyclic amines) is 1. The van der Waals surface area contributed by atoms with Crippen LogP contribution in [0.25, 0.3) is 11.3 Å². The number of pyridine rings is 1. The molecule has 0 saturated carbocycles. The summed E-state index contributed by atoms with van der Waals surface area (Å²) < 4.78 is 46.6. The first kappa shape index (κ1) is 23.8. The van der Waals surface area contributed by atoms with Crippen LogP contribution in [0.4, 0.5) is 23.8 Å². The molecule has 0 aromatic carbocycles. The molecule has 2 aliphatic rings. The van der Waals surface area contributed by atoms with E-state index in [1.807, 2.05) is 0 Å². The van der Waals surface area contributed by atoms with Crippen molar-refractivity contribution in [2.24, 2.45) is 0 Å². The summed E-state index contributed by atoms with van der Waals surface area (Å²) in [7, 11) is 0. The standard InChI is InChI=1S/C22H27F3N6O3/c1-12(28-19(33)34-20(2,3)4)18(32)30-10-21(11-30)5-6-31-16(21)8-15(29-31)13-7-14(22(23,24)25)17(26)27-9-13/h7-9,12H,5-6,10-11H2,1-4H3,(H2,26,27)(H,28,33)/t12-/m1/s1. The van der Waals surface area contributed by atoms with Gasteiger partial charge in [-0.25, -0.2) is 9.78 Å². The number of anilines is 1. The fourth-order valence-corrected chi connectivity index (χ4v) is 4.43. The maximum absolute atomic E-state index is 13.2. The number of carbonyl (C=O) groups excluding carboxylic acids is 2. The zero-order valence-electron chi connectivity index (χ0n) is 19.4. The number of nitrogen functional groups attached to an aromatic ring is 1. The van der Waals surface area contributed by atoms with Gasteiger partial charge in [-0.2, -0.15) is 18.3 Å². The predicted octanol–water partition coefficient (Wildman–Crippen LogP) is 2.94. The number of hydrogen-bond acceptors (Lipinski definition) is 6. The van der Waals surface area contributed by atoms with Gasteiger partial charge in [0, 0.05) is 42.5 Å². The number of alkyl halides is 3. The van der Waals surface area contributed by atoms with Crippen LogP contribution < -0.4 is 11.1 Å². The van der Waals surface area contributed by atoms with Gasteiger partial charge < -0.3 is 20.7 Å². The molecule has 34 heavy (non-hydrogen) atoms. The van der Waals surface area contributed by atoms with Crippen molar-refractivity contribution in [2.75, 3.05) is 18.8 Å². The first-order chi connectivity index (χ1) is 15.7. The topological polar surface area (TPSA) is 115 Å². The summed E-state index contributed by atoms with van der Waals surface area (Å²) in [6.07, 6.45) is -3.24. The van der Waals surface area contributed by atoms with Crippen molar-refractivity contribution >= 4 is 17.8 Å². The first-order valence-electron chi connectivity index (χ1n) is 10.9.